The first-order valence-corrected chi connectivity index (χ1v) is 7.38. The molecule has 1 aromatic carbocycles. The van der Waals surface area contributed by atoms with Crippen LogP contribution in [0.1, 0.15) is 25.3 Å². The lowest BCUT2D eigenvalue weighted by Gasteiger charge is -2.18. The largest absolute Gasteiger partial charge is 0.311 e. The Morgan fingerprint density at radius 1 is 1.38 bits per heavy atom. The van der Waals surface area contributed by atoms with Crippen LogP contribution in [0.15, 0.2) is 30.3 Å². The Hall–Kier alpha value is -0.470. The van der Waals surface area contributed by atoms with Gasteiger partial charge in [0.15, 0.2) is 0 Å². The fourth-order valence-electron chi connectivity index (χ4n) is 2.18. The Labute approximate surface area is 103 Å². The molecule has 1 aromatic rings. The summed E-state index contributed by atoms with van der Waals surface area (Å²) in [6.07, 6.45) is 3.78. The van der Waals surface area contributed by atoms with Gasteiger partial charge in [0.05, 0.1) is 0 Å². The highest BCUT2D eigenvalue weighted by molar-refractivity contribution is 7.99. The van der Waals surface area contributed by atoms with Gasteiger partial charge in [-0.15, -0.1) is 0 Å². The van der Waals surface area contributed by atoms with E-state index >= 15 is 0 Å². The van der Waals surface area contributed by atoms with Crippen molar-refractivity contribution >= 4 is 11.8 Å². The van der Waals surface area contributed by atoms with Crippen LogP contribution in [-0.4, -0.2) is 23.6 Å². The second-order valence-electron chi connectivity index (χ2n) is 4.65. The molecule has 88 valence electrons. The summed E-state index contributed by atoms with van der Waals surface area (Å²) < 4.78 is 0. The van der Waals surface area contributed by atoms with E-state index in [0.717, 1.165) is 6.04 Å². The topological polar surface area (TPSA) is 12.0 Å². The van der Waals surface area contributed by atoms with E-state index in [4.69, 9.17) is 0 Å². The highest BCUT2D eigenvalue weighted by atomic mass is 32.2. The third-order valence-corrected chi connectivity index (χ3v) is 4.32. The van der Waals surface area contributed by atoms with Gasteiger partial charge in [0.25, 0.3) is 0 Å². The minimum atomic E-state index is 0.643. The van der Waals surface area contributed by atoms with Gasteiger partial charge >= 0.3 is 0 Å². The first-order chi connectivity index (χ1) is 7.84. The summed E-state index contributed by atoms with van der Waals surface area (Å²) in [4.78, 5) is 0. The van der Waals surface area contributed by atoms with Gasteiger partial charge < -0.3 is 5.32 Å². The molecule has 2 rings (SSSR count). The number of benzene rings is 1. The van der Waals surface area contributed by atoms with E-state index in [9.17, 15) is 0 Å². The van der Waals surface area contributed by atoms with E-state index in [-0.39, 0.29) is 0 Å². The van der Waals surface area contributed by atoms with Crippen molar-refractivity contribution in [1.82, 2.24) is 5.32 Å². The molecule has 2 unspecified atom stereocenters. The van der Waals surface area contributed by atoms with Crippen molar-refractivity contribution in [2.24, 2.45) is 0 Å². The highest BCUT2D eigenvalue weighted by Crippen LogP contribution is 2.18. The quantitative estimate of drug-likeness (QED) is 0.841. The maximum absolute atomic E-state index is 3.73. The molecule has 0 radical (unpaired) electrons. The van der Waals surface area contributed by atoms with Crippen molar-refractivity contribution in [3.05, 3.63) is 35.9 Å². The number of rotatable bonds is 5. The number of hydrogen-bond donors (Lipinski definition) is 1. The molecule has 1 aliphatic rings. The molecule has 0 aromatic heterocycles. The third kappa shape index (κ3) is 3.84. The highest BCUT2D eigenvalue weighted by Gasteiger charge is 2.16. The van der Waals surface area contributed by atoms with Crippen molar-refractivity contribution in [3.8, 4) is 0 Å². The average molecular weight is 235 g/mol. The molecule has 1 fully saturated rings. The van der Waals surface area contributed by atoms with Gasteiger partial charge in [0.1, 0.15) is 0 Å². The predicted molar refractivity (Wildman–Crippen MR) is 73.1 cm³/mol. The van der Waals surface area contributed by atoms with Crippen LogP contribution in [0.3, 0.4) is 0 Å². The van der Waals surface area contributed by atoms with Crippen molar-refractivity contribution in [3.63, 3.8) is 0 Å². The van der Waals surface area contributed by atoms with Crippen LogP contribution in [0.2, 0.25) is 0 Å². The van der Waals surface area contributed by atoms with E-state index in [1.165, 1.54) is 36.3 Å². The van der Waals surface area contributed by atoms with Crippen molar-refractivity contribution < 1.29 is 0 Å². The van der Waals surface area contributed by atoms with Crippen LogP contribution in [0, 0.1) is 0 Å². The second-order valence-corrected chi connectivity index (χ2v) is 5.80. The molecule has 1 nitrogen and oxygen atoms in total. The molecular weight excluding hydrogens is 214 g/mol. The van der Waals surface area contributed by atoms with Gasteiger partial charge in [-0.2, -0.15) is 11.8 Å². The van der Waals surface area contributed by atoms with Gasteiger partial charge in [0.2, 0.25) is 0 Å². The normalized spacial score (nSPS) is 22.2. The molecular formula is C14H21NS. The molecule has 2 heteroatoms. The van der Waals surface area contributed by atoms with Gasteiger partial charge in [-0.05, 0) is 37.5 Å². The van der Waals surface area contributed by atoms with Crippen molar-refractivity contribution in [2.45, 2.75) is 38.3 Å². The van der Waals surface area contributed by atoms with E-state index in [2.05, 4.69) is 54.3 Å². The monoisotopic (exact) mass is 235 g/mol. The summed E-state index contributed by atoms with van der Waals surface area (Å²) in [6, 6.07) is 12.2. The molecule has 0 saturated carbocycles. The lowest BCUT2D eigenvalue weighted by atomic mass is 10.1. The van der Waals surface area contributed by atoms with Gasteiger partial charge in [0, 0.05) is 17.8 Å². The summed E-state index contributed by atoms with van der Waals surface area (Å²) in [5.41, 5.74) is 1.46. The van der Waals surface area contributed by atoms with Crippen LogP contribution >= 0.6 is 11.8 Å². The molecule has 1 saturated heterocycles. The Morgan fingerprint density at radius 3 is 2.88 bits per heavy atom. The van der Waals surface area contributed by atoms with Gasteiger partial charge in [-0.1, -0.05) is 30.3 Å². The molecule has 1 heterocycles. The molecule has 0 aliphatic carbocycles. The number of nitrogens with one attached hydrogen (secondary N) is 1. The standard InChI is InChI=1S/C14H21NS/c1-12(15-14-9-10-16-11-14)7-8-13-5-3-2-4-6-13/h2-6,12,14-15H,7-11H2,1H3. The Morgan fingerprint density at radius 2 is 2.19 bits per heavy atom. The fraction of sp³-hybridized carbons (Fsp3) is 0.571. The van der Waals surface area contributed by atoms with E-state index in [1.54, 1.807) is 0 Å². The summed E-state index contributed by atoms with van der Waals surface area (Å²) >= 11 is 2.08. The predicted octanol–water partition coefficient (Wildman–Crippen LogP) is 3.10. The third-order valence-electron chi connectivity index (χ3n) is 3.16. The smallest absolute Gasteiger partial charge is 0.0168 e. The summed E-state index contributed by atoms with van der Waals surface area (Å²) in [6.45, 7) is 2.31. The van der Waals surface area contributed by atoms with Crippen LogP contribution < -0.4 is 5.32 Å². The molecule has 0 amide bonds. The van der Waals surface area contributed by atoms with Crippen LogP contribution in [-0.2, 0) is 6.42 Å². The average Bonchev–Trinajstić information content (AvgIpc) is 2.81. The minimum Gasteiger partial charge on any atom is -0.311 e. The maximum atomic E-state index is 3.73. The van der Waals surface area contributed by atoms with Crippen LogP contribution in [0.25, 0.3) is 0 Å². The lowest BCUT2D eigenvalue weighted by Crippen LogP contribution is -2.36. The molecule has 1 N–H and O–H groups in total. The fourth-order valence-corrected chi connectivity index (χ4v) is 3.34. The van der Waals surface area contributed by atoms with Gasteiger partial charge in [-0.25, -0.2) is 0 Å². The first kappa shape index (κ1) is 12.0. The number of aryl methyl sites for hydroxylation is 1. The van der Waals surface area contributed by atoms with Crippen molar-refractivity contribution in [2.75, 3.05) is 11.5 Å². The van der Waals surface area contributed by atoms with Crippen molar-refractivity contribution in [1.29, 1.82) is 0 Å². The Balaban J connectivity index is 1.69. The second kappa shape index (κ2) is 6.31. The van der Waals surface area contributed by atoms with E-state index in [0.29, 0.717) is 6.04 Å². The number of thioether (sulfide) groups is 1. The van der Waals surface area contributed by atoms with Crippen LogP contribution in [0.4, 0.5) is 0 Å². The molecule has 16 heavy (non-hydrogen) atoms. The summed E-state index contributed by atoms with van der Waals surface area (Å²) in [5.74, 6) is 2.64. The summed E-state index contributed by atoms with van der Waals surface area (Å²) in [7, 11) is 0. The van der Waals surface area contributed by atoms with Crippen LogP contribution in [0.5, 0.6) is 0 Å². The van der Waals surface area contributed by atoms with E-state index in [1.807, 2.05) is 0 Å². The Kier molecular flexibility index (Phi) is 4.73. The zero-order valence-electron chi connectivity index (χ0n) is 9.99. The number of hydrogen-bond acceptors (Lipinski definition) is 2. The van der Waals surface area contributed by atoms with Gasteiger partial charge in [-0.3, -0.25) is 0 Å². The zero-order valence-corrected chi connectivity index (χ0v) is 10.8. The lowest BCUT2D eigenvalue weighted by molar-refractivity contribution is 0.451. The Bertz CT molecular complexity index is 293. The minimum absolute atomic E-state index is 0.643. The molecule has 2 atom stereocenters. The molecule has 0 bridgehead atoms. The zero-order chi connectivity index (χ0) is 11.2. The summed E-state index contributed by atoms with van der Waals surface area (Å²) in [5, 5.41) is 3.73. The molecule has 1 aliphatic heterocycles. The molecule has 0 spiro atoms. The first-order valence-electron chi connectivity index (χ1n) is 6.22. The van der Waals surface area contributed by atoms with E-state index < -0.39 is 0 Å². The maximum Gasteiger partial charge on any atom is 0.0168 e. The SMILES string of the molecule is CC(CCc1ccccc1)NC1CCSC1.